The molecule has 0 radical (unpaired) electrons. The van der Waals surface area contributed by atoms with Crippen LogP contribution in [-0.2, 0) is 0 Å². The van der Waals surface area contributed by atoms with Crippen LogP contribution in [0.25, 0.3) is 0 Å². The number of nitriles is 1. The van der Waals surface area contributed by atoms with Crippen molar-refractivity contribution in [1.82, 2.24) is 25.7 Å². The molecular weight excluding hydrogens is 404 g/mol. The van der Waals surface area contributed by atoms with Crippen molar-refractivity contribution >= 4 is 11.5 Å². The first kappa shape index (κ1) is 22.3. The molecule has 9 heteroatoms. The summed E-state index contributed by atoms with van der Waals surface area (Å²) in [6.45, 7) is 6.80. The SMILES string of the molecule is CCN1CCC(CNc2ccc(C3CC(Nc4cnc(C#N)cn4)NN3)c(OC)c2)CC1. The Morgan fingerprint density at radius 1 is 1.22 bits per heavy atom. The molecule has 0 bridgehead atoms. The number of ether oxygens (including phenoxy) is 1. The number of nitrogens with one attached hydrogen (secondary N) is 4. The molecule has 2 unspecified atom stereocenters. The molecular formula is C23H32N8O. The van der Waals surface area contributed by atoms with E-state index in [0.29, 0.717) is 11.5 Å². The number of nitrogens with zero attached hydrogens (tertiary/aromatic N) is 4. The summed E-state index contributed by atoms with van der Waals surface area (Å²) >= 11 is 0. The monoisotopic (exact) mass is 436 g/mol. The molecule has 0 saturated carbocycles. The standard InChI is InChI=1S/C23H32N8O/c1-3-31-8-6-16(7-9-31)13-25-17-4-5-19(21(10-17)32-2)20-11-22(30-29-20)28-23-15-26-18(12-24)14-27-23/h4-5,10,14-16,20,22,25,29-30H,3,6-9,11,13H2,1-2H3,(H,27,28). The smallest absolute Gasteiger partial charge is 0.158 e. The Morgan fingerprint density at radius 2 is 2.06 bits per heavy atom. The van der Waals surface area contributed by atoms with Crippen LogP contribution in [0.2, 0.25) is 0 Å². The number of hydrogen-bond acceptors (Lipinski definition) is 9. The molecule has 4 rings (SSSR count). The Bertz CT molecular complexity index is 921. The summed E-state index contributed by atoms with van der Waals surface area (Å²) in [6, 6.07) is 8.42. The van der Waals surface area contributed by atoms with Crippen molar-refractivity contribution in [2.24, 2.45) is 5.92 Å². The van der Waals surface area contributed by atoms with Crippen molar-refractivity contribution in [3.05, 3.63) is 41.9 Å². The van der Waals surface area contributed by atoms with Gasteiger partial charge in [-0.05, 0) is 44.5 Å². The van der Waals surface area contributed by atoms with Gasteiger partial charge in [-0.2, -0.15) is 5.26 Å². The minimum absolute atomic E-state index is 0.0151. The Labute approximate surface area is 189 Å². The Hall–Kier alpha value is -2.93. The molecule has 2 fully saturated rings. The lowest BCUT2D eigenvalue weighted by atomic mass is 9.96. The van der Waals surface area contributed by atoms with E-state index in [1.54, 1.807) is 13.3 Å². The van der Waals surface area contributed by atoms with Crippen molar-refractivity contribution in [3.8, 4) is 11.8 Å². The third-order valence-corrected chi connectivity index (χ3v) is 6.35. The van der Waals surface area contributed by atoms with Crippen molar-refractivity contribution in [2.75, 3.05) is 43.9 Å². The fourth-order valence-corrected chi connectivity index (χ4v) is 4.37. The maximum Gasteiger partial charge on any atom is 0.158 e. The lowest BCUT2D eigenvalue weighted by molar-refractivity contribution is 0.198. The first-order chi connectivity index (χ1) is 15.7. The molecule has 2 aliphatic heterocycles. The lowest BCUT2D eigenvalue weighted by Crippen LogP contribution is -2.36. The zero-order valence-electron chi connectivity index (χ0n) is 18.8. The predicted octanol–water partition coefficient (Wildman–Crippen LogP) is 2.48. The predicted molar refractivity (Wildman–Crippen MR) is 124 cm³/mol. The molecule has 4 N–H and O–H groups in total. The molecule has 1 aromatic carbocycles. The van der Waals surface area contributed by atoms with Gasteiger partial charge in [0.2, 0.25) is 0 Å². The topological polar surface area (TPSA) is 110 Å². The molecule has 2 aliphatic rings. The van der Waals surface area contributed by atoms with Gasteiger partial charge in [0, 0.05) is 30.3 Å². The third kappa shape index (κ3) is 5.46. The van der Waals surface area contributed by atoms with Gasteiger partial charge in [0.1, 0.15) is 17.6 Å². The van der Waals surface area contributed by atoms with E-state index in [1.807, 2.05) is 6.07 Å². The number of hydrazine groups is 1. The Balaban J connectivity index is 1.32. The molecule has 32 heavy (non-hydrogen) atoms. The van der Waals surface area contributed by atoms with Gasteiger partial charge in [-0.1, -0.05) is 13.0 Å². The molecule has 0 aliphatic carbocycles. The summed E-state index contributed by atoms with van der Waals surface area (Å²) in [5, 5.41) is 15.7. The van der Waals surface area contributed by atoms with E-state index in [2.05, 4.69) is 61.5 Å². The van der Waals surface area contributed by atoms with Crippen LogP contribution in [0.15, 0.2) is 30.6 Å². The average Bonchev–Trinajstić information content (AvgIpc) is 3.31. The van der Waals surface area contributed by atoms with Crippen molar-refractivity contribution < 1.29 is 4.74 Å². The molecule has 1 aromatic heterocycles. The van der Waals surface area contributed by atoms with Gasteiger partial charge in [0.05, 0.1) is 31.7 Å². The second kappa shape index (κ2) is 10.6. The number of likely N-dealkylation sites (tertiary alicyclic amines) is 1. The summed E-state index contributed by atoms with van der Waals surface area (Å²) in [7, 11) is 1.72. The maximum absolute atomic E-state index is 8.85. The largest absolute Gasteiger partial charge is 0.496 e. The maximum atomic E-state index is 8.85. The molecule has 9 nitrogen and oxygen atoms in total. The summed E-state index contributed by atoms with van der Waals surface area (Å²) < 4.78 is 5.71. The van der Waals surface area contributed by atoms with E-state index in [1.165, 1.54) is 32.1 Å². The second-order valence-corrected chi connectivity index (χ2v) is 8.39. The zero-order chi connectivity index (χ0) is 22.3. The number of aromatic nitrogens is 2. The number of rotatable bonds is 8. The molecule has 170 valence electrons. The fraction of sp³-hybridized carbons (Fsp3) is 0.522. The van der Waals surface area contributed by atoms with E-state index in [0.717, 1.165) is 42.4 Å². The van der Waals surface area contributed by atoms with E-state index in [9.17, 15) is 0 Å². The number of anilines is 2. The van der Waals surface area contributed by atoms with Gasteiger partial charge in [-0.25, -0.2) is 20.8 Å². The highest BCUT2D eigenvalue weighted by Crippen LogP contribution is 2.33. The van der Waals surface area contributed by atoms with E-state index >= 15 is 0 Å². The van der Waals surface area contributed by atoms with Crippen molar-refractivity contribution in [2.45, 2.75) is 38.4 Å². The van der Waals surface area contributed by atoms with Gasteiger partial charge in [-0.3, -0.25) is 0 Å². The van der Waals surface area contributed by atoms with Gasteiger partial charge in [0.25, 0.3) is 0 Å². The molecule has 2 atom stereocenters. The Kier molecular flexibility index (Phi) is 7.37. The number of methoxy groups -OCH3 is 1. The van der Waals surface area contributed by atoms with Crippen LogP contribution in [0.1, 0.15) is 43.5 Å². The van der Waals surface area contributed by atoms with Crippen LogP contribution < -0.4 is 26.2 Å². The van der Waals surface area contributed by atoms with Crippen molar-refractivity contribution in [1.29, 1.82) is 5.26 Å². The van der Waals surface area contributed by atoms with Crippen molar-refractivity contribution in [3.63, 3.8) is 0 Å². The highest BCUT2D eigenvalue weighted by Gasteiger charge is 2.27. The van der Waals surface area contributed by atoms with Crippen LogP contribution >= 0.6 is 0 Å². The number of benzene rings is 1. The molecule has 3 heterocycles. The summed E-state index contributed by atoms with van der Waals surface area (Å²) in [5.74, 6) is 2.22. The van der Waals surface area contributed by atoms with E-state index in [-0.39, 0.29) is 12.2 Å². The molecule has 0 amide bonds. The van der Waals surface area contributed by atoms with E-state index in [4.69, 9.17) is 10.00 Å². The zero-order valence-corrected chi connectivity index (χ0v) is 18.8. The summed E-state index contributed by atoms with van der Waals surface area (Å²) in [4.78, 5) is 10.8. The quantitative estimate of drug-likeness (QED) is 0.496. The minimum Gasteiger partial charge on any atom is -0.496 e. The number of piperidine rings is 1. The van der Waals surface area contributed by atoms with Crippen LogP contribution in [0.4, 0.5) is 11.5 Å². The normalized spacial score (nSPS) is 21.8. The van der Waals surface area contributed by atoms with Crippen LogP contribution in [0.3, 0.4) is 0 Å². The third-order valence-electron chi connectivity index (χ3n) is 6.35. The summed E-state index contributed by atoms with van der Waals surface area (Å²) in [6.07, 6.45) is 6.34. The second-order valence-electron chi connectivity index (χ2n) is 8.39. The van der Waals surface area contributed by atoms with E-state index < -0.39 is 0 Å². The van der Waals surface area contributed by atoms with Gasteiger partial charge < -0.3 is 20.3 Å². The molecule has 0 spiro atoms. The van der Waals surface area contributed by atoms with Crippen LogP contribution in [0.5, 0.6) is 5.75 Å². The highest BCUT2D eigenvalue weighted by atomic mass is 16.5. The lowest BCUT2D eigenvalue weighted by Gasteiger charge is -2.31. The van der Waals surface area contributed by atoms with Crippen LogP contribution in [-0.4, -0.2) is 54.3 Å². The van der Waals surface area contributed by atoms with Gasteiger partial charge >= 0.3 is 0 Å². The van der Waals surface area contributed by atoms with Gasteiger partial charge in [0.15, 0.2) is 5.69 Å². The average molecular weight is 437 g/mol. The molecule has 2 saturated heterocycles. The van der Waals surface area contributed by atoms with Crippen LogP contribution in [0, 0.1) is 17.2 Å². The number of hydrogen-bond donors (Lipinski definition) is 4. The van der Waals surface area contributed by atoms with Gasteiger partial charge in [-0.15, -0.1) is 0 Å². The Morgan fingerprint density at radius 3 is 2.75 bits per heavy atom. The highest BCUT2D eigenvalue weighted by molar-refractivity contribution is 5.53. The summed E-state index contributed by atoms with van der Waals surface area (Å²) in [5.41, 5.74) is 9.10. The first-order valence-electron chi connectivity index (χ1n) is 11.3. The fourth-order valence-electron chi connectivity index (χ4n) is 4.37. The first-order valence-corrected chi connectivity index (χ1v) is 11.3. The molecule has 2 aromatic rings. The minimum atomic E-state index is -0.0151.